The molecular weight excluding hydrogens is 286 g/mol. The molecule has 0 aliphatic rings. The molecule has 0 atom stereocenters. The molecule has 0 bridgehead atoms. The Labute approximate surface area is 109 Å². The van der Waals surface area contributed by atoms with Crippen molar-refractivity contribution >= 4 is 33.3 Å². The maximum absolute atomic E-state index is 10.8. The van der Waals surface area contributed by atoms with Gasteiger partial charge in [0.05, 0.1) is 23.1 Å². The molecule has 0 saturated carbocycles. The molecule has 0 spiro atoms. The quantitative estimate of drug-likeness (QED) is 0.658. The lowest BCUT2D eigenvalue weighted by Gasteiger charge is -2.27. The third-order valence-electron chi connectivity index (χ3n) is 2.01. The molecule has 0 radical (unpaired) electrons. The van der Waals surface area contributed by atoms with E-state index in [0.29, 0.717) is 10.3 Å². The van der Waals surface area contributed by atoms with Crippen LogP contribution in [0.25, 0.3) is 0 Å². The van der Waals surface area contributed by atoms with Crippen molar-refractivity contribution in [1.29, 1.82) is 0 Å². The van der Waals surface area contributed by atoms with Crippen molar-refractivity contribution in [3.05, 3.63) is 16.9 Å². The number of hydrogen-bond acceptors (Lipinski definition) is 5. The summed E-state index contributed by atoms with van der Waals surface area (Å²) >= 11 is 3.27. The first-order valence-corrected chi connectivity index (χ1v) is 5.92. The van der Waals surface area contributed by atoms with Crippen LogP contribution in [0.3, 0.4) is 0 Å². The summed E-state index contributed by atoms with van der Waals surface area (Å²) in [7, 11) is 0. The number of nitrogens with two attached hydrogens (primary N) is 1. The van der Waals surface area contributed by atoms with Gasteiger partial charge in [-0.25, -0.2) is 4.98 Å². The van der Waals surface area contributed by atoms with Crippen molar-refractivity contribution in [3.63, 3.8) is 0 Å². The summed E-state index contributed by atoms with van der Waals surface area (Å²) in [5.74, 6) is -0.302. The number of nitrogens with zero attached hydrogens (tertiary/aromatic N) is 1. The molecule has 3 N–H and O–H groups in total. The van der Waals surface area contributed by atoms with Gasteiger partial charge < -0.3 is 15.8 Å². The topological polar surface area (TPSA) is 77.2 Å². The highest BCUT2D eigenvalue weighted by atomic mass is 79.9. The van der Waals surface area contributed by atoms with E-state index in [1.165, 1.54) is 6.92 Å². The number of nitrogen functional groups attached to an aromatic ring is 1. The summed E-state index contributed by atoms with van der Waals surface area (Å²) in [6.45, 7) is 5.49. The van der Waals surface area contributed by atoms with Crippen LogP contribution in [0, 0.1) is 0 Å². The maximum Gasteiger partial charge on any atom is 0.302 e. The second-order valence-corrected chi connectivity index (χ2v) is 5.20. The van der Waals surface area contributed by atoms with E-state index in [1.807, 2.05) is 13.8 Å². The maximum atomic E-state index is 10.8. The lowest BCUT2D eigenvalue weighted by molar-refractivity contribution is -0.142. The molecule has 0 aromatic carbocycles. The molecule has 5 nitrogen and oxygen atoms in total. The summed E-state index contributed by atoms with van der Waals surface area (Å²) in [6, 6.07) is 1.78. The molecule has 0 amide bonds. The molecule has 1 rings (SSSR count). The zero-order chi connectivity index (χ0) is 13.1. The lowest BCUT2D eigenvalue weighted by atomic mass is 10.1. The highest BCUT2D eigenvalue weighted by molar-refractivity contribution is 9.10. The lowest BCUT2D eigenvalue weighted by Crippen LogP contribution is -2.37. The van der Waals surface area contributed by atoms with Gasteiger partial charge in [-0.1, -0.05) is 0 Å². The van der Waals surface area contributed by atoms with Gasteiger partial charge in [-0.3, -0.25) is 4.79 Å². The molecule has 94 valence electrons. The molecule has 0 aliphatic heterocycles. The van der Waals surface area contributed by atoms with Crippen molar-refractivity contribution in [2.24, 2.45) is 0 Å². The Kier molecular flexibility index (Phi) is 4.34. The van der Waals surface area contributed by atoms with Crippen molar-refractivity contribution < 1.29 is 9.53 Å². The Balaban J connectivity index is 2.74. The summed E-state index contributed by atoms with van der Waals surface area (Å²) in [4.78, 5) is 14.8. The smallest absolute Gasteiger partial charge is 0.302 e. The number of pyridine rings is 1. The second kappa shape index (κ2) is 5.35. The Hall–Kier alpha value is -1.30. The van der Waals surface area contributed by atoms with E-state index in [2.05, 4.69) is 26.2 Å². The number of aromatic nitrogens is 1. The minimum Gasteiger partial charge on any atom is -0.463 e. The summed E-state index contributed by atoms with van der Waals surface area (Å²) < 4.78 is 5.67. The molecule has 1 heterocycles. The van der Waals surface area contributed by atoms with E-state index < -0.39 is 5.54 Å². The van der Waals surface area contributed by atoms with E-state index in [9.17, 15) is 4.79 Å². The predicted octanol–water partition coefficient (Wildman–Crippen LogP) is 2.18. The van der Waals surface area contributed by atoms with Gasteiger partial charge in [-0.2, -0.15) is 0 Å². The van der Waals surface area contributed by atoms with Crippen LogP contribution < -0.4 is 11.1 Å². The van der Waals surface area contributed by atoms with Crippen LogP contribution in [-0.2, 0) is 9.53 Å². The zero-order valence-corrected chi connectivity index (χ0v) is 11.7. The average molecular weight is 302 g/mol. The fraction of sp³-hybridized carbons (Fsp3) is 0.455. The monoisotopic (exact) mass is 301 g/mol. The number of ether oxygens (including phenoxy) is 1. The van der Waals surface area contributed by atoms with Crippen molar-refractivity contribution in [3.8, 4) is 0 Å². The third-order valence-corrected chi connectivity index (χ3v) is 2.44. The number of carbonyl (C=O) groups is 1. The number of halogens is 1. The van der Waals surface area contributed by atoms with Gasteiger partial charge in [0.15, 0.2) is 0 Å². The molecule has 17 heavy (non-hydrogen) atoms. The summed E-state index contributed by atoms with van der Waals surface area (Å²) in [6.07, 6.45) is 1.56. The fourth-order valence-corrected chi connectivity index (χ4v) is 1.56. The van der Waals surface area contributed by atoms with E-state index >= 15 is 0 Å². The van der Waals surface area contributed by atoms with Gasteiger partial charge in [0.1, 0.15) is 11.2 Å². The molecule has 1 aromatic heterocycles. The molecule has 0 saturated heterocycles. The van der Waals surface area contributed by atoms with Gasteiger partial charge in [-0.15, -0.1) is 0 Å². The number of carbonyl (C=O) groups excluding carboxylic acids is 1. The number of hydrogen-bond donors (Lipinski definition) is 2. The van der Waals surface area contributed by atoms with Gasteiger partial charge in [0.25, 0.3) is 0 Å². The van der Waals surface area contributed by atoms with Crippen molar-refractivity contribution in [2.75, 3.05) is 17.7 Å². The average Bonchev–Trinajstić information content (AvgIpc) is 2.20. The first-order chi connectivity index (χ1) is 7.80. The molecule has 1 aromatic rings. The van der Waals surface area contributed by atoms with Crippen molar-refractivity contribution in [2.45, 2.75) is 26.3 Å². The summed E-state index contributed by atoms with van der Waals surface area (Å²) in [5.41, 5.74) is 6.70. The van der Waals surface area contributed by atoms with Crippen LogP contribution in [0.1, 0.15) is 20.8 Å². The largest absolute Gasteiger partial charge is 0.463 e. The number of anilines is 2. The third kappa shape index (κ3) is 4.60. The van der Waals surface area contributed by atoms with Crippen LogP contribution in [0.5, 0.6) is 0 Å². The van der Waals surface area contributed by atoms with Gasteiger partial charge in [0, 0.05) is 6.92 Å². The van der Waals surface area contributed by atoms with Gasteiger partial charge in [0.2, 0.25) is 0 Å². The molecule has 0 fully saturated rings. The Bertz CT molecular complexity index is 421. The van der Waals surface area contributed by atoms with Crippen LogP contribution in [0.15, 0.2) is 16.9 Å². The first kappa shape index (κ1) is 13.8. The Morgan fingerprint density at radius 2 is 2.29 bits per heavy atom. The van der Waals surface area contributed by atoms with Gasteiger partial charge in [-0.05, 0) is 35.8 Å². The highest BCUT2D eigenvalue weighted by Gasteiger charge is 2.20. The molecule has 6 heteroatoms. The Morgan fingerprint density at radius 3 is 2.88 bits per heavy atom. The van der Waals surface area contributed by atoms with Crippen LogP contribution in [0.4, 0.5) is 11.4 Å². The Morgan fingerprint density at radius 1 is 1.65 bits per heavy atom. The zero-order valence-electron chi connectivity index (χ0n) is 10.1. The number of esters is 1. The highest BCUT2D eigenvalue weighted by Crippen LogP contribution is 2.24. The van der Waals surface area contributed by atoms with E-state index in [-0.39, 0.29) is 12.6 Å². The molecule has 0 unspecified atom stereocenters. The van der Waals surface area contributed by atoms with Crippen molar-refractivity contribution in [1.82, 2.24) is 4.98 Å². The second-order valence-electron chi connectivity index (χ2n) is 4.38. The summed E-state index contributed by atoms with van der Waals surface area (Å²) in [5, 5.41) is 3.21. The van der Waals surface area contributed by atoms with E-state index in [1.54, 1.807) is 12.3 Å². The van der Waals surface area contributed by atoms with Crippen LogP contribution in [-0.4, -0.2) is 23.1 Å². The number of rotatable bonds is 4. The first-order valence-electron chi connectivity index (χ1n) is 5.13. The van der Waals surface area contributed by atoms with Gasteiger partial charge >= 0.3 is 5.97 Å². The molecular formula is C11H16BrN3O2. The van der Waals surface area contributed by atoms with Crippen LogP contribution in [0.2, 0.25) is 0 Å². The molecule has 0 aliphatic carbocycles. The minimum absolute atomic E-state index is 0.266. The van der Waals surface area contributed by atoms with Crippen LogP contribution >= 0.6 is 15.9 Å². The number of nitrogens with one attached hydrogen (secondary N) is 1. The minimum atomic E-state index is -0.402. The van der Waals surface area contributed by atoms with E-state index in [4.69, 9.17) is 10.5 Å². The SMILES string of the molecule is CC(=O)OCC(C)(C)Nc1cc(Br)ncc1N. The fourth-order valence-electron chi connectivity index (χ4n) is 1.23. The standard InChI is InChI=1S/C11H16BrN3O2/c1-7(16)17-6-11(2,3)15-9-4-10(12)14-5-8(9)13/h4-5H,6,13H2,1-3H3,(H,14,15). The van der Waals surface area contributed by atoms with E-state index in [0.717, 1.165) is 5.69 Å². The predicted molar refractivity (Wildman–Crippen MR) is 70.7 cm³/mol. The normalized spacial score (nSPS) is 11.1.